The molecule has 1 N–H and O–H groups in total. The Kier molecular flexibility index (Phi) is 7.11. The van der Waals surface area contributed by atoms with Gasteiger partial charge in [0.25, 0.3) is 11.8 Å². The van der Waals surface area contributed by atoms with Gasteiger partial charge in [0.05, 0.1) is 0 Å². The molecule has 0 bridgehead atoms. The molecule has 3 aromatic rings. The van der Waals surface area contributed by atoms with Crippen LogP contribution in [0.4, 0.5) is 11.5 Å². The molecule has 0 spiro atoms. The molecule has 33 heavy (non-hydrogen) atoms. The number of aromatic nitrogens is 2. The van der Waals surface area contributed by atoms with Crippen LogP contribution in [0, 0.1) is 6.92 Å². The lowest BCUT2D eigenvalue weighted by Gasteiger charge is -2.28. The van der Waals surface area contributed by atoms with Crippen molar-refractivity contribution in [3.8, 4) is 0 Å². The van der Waals surface area contributed by atoms with Gasteiger partial charge in [-0.15, -0.1) is 0 Å². The lowest BCUT2D eigenvalue weighted by molar-refractivity contribution is -0.121. The van der Waals surface area contributed by atoms with Gasteiger partial charge < -0.3 is 9.84 Å². The third-order valence-corrected chi connectivity index (χ3v) is 5.39. The average molecular weight is 447 g/mol. The molecule has 0 aliphatic carbocycles. The molecule has 0 saturated heterocycles. The number of nitrogens with zero attached hydrogens (tertiary/aromatic N) is 3. The zero-order chi connectivity index (χ0) is 24.2. The summed E-state index contributed by atoms with van der Waals surface area (Å²) in [5, 5.41) is 7.16. The quantitative estimate of drug-likeness (QED) is 0.508. The largest absolute Gasteiger partial charge is 0.359 e. The molecule has 0 saturated carbocycles. The summed E-state index contributed by atoms with van der Waals surface area (Å²) < 4.78 is 5.52. The van der Waals surface area contributed by atoms with Crippen molar-refractivity contribution in [3.63, 3.8) is 0 Å². The van der Waals surface area contributed by atoms with Gasteiger partial charge in [0, 0.05) is 35.1 Å². The zero-order valence-electron chi connectivity index (χ0n) is 19.8. The summed E-state index contributed by atoms with van der Waals surface area (Å²) in [6.45, 7) is 13.5. The van der Waals surface area contributed by atoms with Crippen LogP contribution in [0.25, 0.3) is 0 Å². The first kappa shape index (κ1) is 23.9. The van der Waals surface area contributed by atoms with Crippen LogP contribution in [0.1, 0.15) is 56.2 Å². The average Bonchev–Trinajstić information content (AvgIpc) is 3.29. The first-order valence-electron chi connectivity index (χ1n) is 10.9. The summed E-state index contributed by atoms with van der Waals surface area (Å²) in [5.74, 6) is -0.0398. The van der Waals surface area contributed by atoms with E-state index in [4.69, 9.17) is 4.52 Å². The number of pyridine rings is 1. The molecule has 2 heterocycles. The van der Waals surface area contributed by atoms with Crippen LogP contribution in [0.15, 0.2) is 66.0 Å². The number of carbonyl (C=O) groups is 2. The van der Waals surface area contributed by atoms with Crippen LogP contribution in [-0.2, 0) is 21.4 Å². The molecular weight excluding hydrogens is 416 g/mol. The van der Waals surface area contributed by atoms with Crippen LogP contribution in [0.5, 0.6) is 0 Å². The summed E-state index contributed by atoms with van der Waals surface area (Å²) >= 11 is 0. The monoisotopic (exact) mass is 446 g/mol. The van der Waals surface area contributed by atoms with Crippen molar-refractivity contribution in [1.29, 1.82) is 0 Å². The van der Waals surface area contributed by atoms with E-state index >= 15 is 0 Å². The highest BCUT2D eigenvalue weighted by Crippen LogP contribution is 2.33. The van der Waals surface area contributed by atoms with E-state index in [2.05, 4.69) is 22.0 Å². The number of carbonyl (C=O) groups excluding carboxylic acids is 2. The van der Waals surface area contributed by atoms with E-state index in [0.717, 1.165) is 29.3 Å². The smallest absolute Gasteiger partial charge is 0.252 e. The highest BCUT2D eigenvalue weighted by atomic mass is 16.5. The van der Waals surface area contributed by atoms with Crippen molar-refractivity contribution in [2.45, 2.75) is 52.5 Å². The lowest BCUT2D eigenvalue weighted by Crippen LogP contribution is -2.41. The van der Waals surface area contributed by atoms with Crippen LogP contribution in [0.3, 0.4) is 0 Å². The highest BCUT2D eigenvalue weighted by molar-refractivity contribution is 6.08. The number of benzene rings is 1. The summed E-state index contributed by atoms with van der Waals surface area (Å²) in [4.78, 5) is 32.3. The first-order chi connectivity index (χ1) is 15.7. The summed E-state index contributed by atoms with van der Waals surface area (Å²) in [5.41, 5.74) is 2.90. The summed E-state index contributed by atoms with van der Waals surface area (Å²) in [6, 6.07) is 9.99. The van der Waals surface area contributed by atoms with Crippen LogP contribution in [-0.4, -0.2) is 22.0 Å². The Morgan fingerprint density at radius 3 is 2.58 bits per heavy atom. The van der Waals surface area contributed by atoms with E-state index in [1.165, 1.54) is 4.90 Å². The molecule has 0 aliphatic heterocycles. The first-order valence-corrected chi connectivity index (χ1v) is 10.9. The molecule has 0 radical (unpaired) electrons. The van der Waals surface area contributed by atoms with E-state index in [-0.39, 0.29) is 17.1 Å². The molecular formula is C26H30N4O3. The van der Waals surface area contributed by atoms with E-state index in [9.17, 15) is 9.59 Å². The van der Waals surface area contributed by atoms with Crippen molar-refractivity contribution in [2.75, 3.05) is 10.2 Å². The summed E-state index contributed by atoms with van der Waals surface area (Å²) in [6.07, 6.45) is 5.09. The van der Waals surface area contributed by atoms with Crippen molar-refractivity contribution >= 4 is 23.3 Å². The maximum absolute atomic E-state index is 13.7. The topological polar surface area (TPSA) is 88.3 Å². The normalized spacial score (nSPS) is 12.2. The van der Waals surface area contributed by atoms with E-state index in [0.29, 0.717) is 11.3 Å². The van der Waals surface area contributed by atoms with Gasteiger partial charge in [-0.1, -0.05) is 63.7 Å². The van der Waals surface area contributed by atoms with E-state index in [1.807, 2.05) is 52.8 Å². The standard InChI is InChI=1S/C26H30N4O3/c1-7-18-12-9-11-17(3)23(18)28-25(32)24(19-13-10-14-27-16-19)30(22(31)8-2)21-15-20(33-29-21)26(4,5)6/h8-16,24H,2,7H2,1,3-6H3,(H,28,32). The van der Waals surface area contributed by atoms with Gasteiger partial charge >= 0.3 is 0 Å². The lowest BCUT2D eigenvalue weighted by atomic mass is 9.93. The Balaban J connectivity index is 2.12. The number of rotatable bonds is 7. The molecule has 7 nitrogen and oxygen atoms in total. The predicted octanol–water partition coefficient (Wildman–Crippen LogP) is 5.14. The Bertz CT molecular complexity index is 1150. The third-order valence-electron chi connectivity index (χ3n) is 5.39. The molecule has 1 unspecified atom stereocenters. The maximum atomic E-state index is 13.7. The van der Waals surface area contributed by atoms with Crippen LogP contribution in [0.2, 0.25) is 0 Å². The maximum Gasteiger partial charge on any atom is 0.252 e. The fourth-order valence-corrected chi connectivity index (χ4v) is 3.55. The van der Waals surface area contributed by atoms with Gasteiger partial charge in [-0.3, -0.25) is 19.5 Å². The Hall–Kier alpha value is -3.74. The number of hydrogen-bond donors (Lipinski definition) is 1. The van der Waals surface area contributed by atoms with Crippen molar-refractivity contribution in [2.24, 2.45) is 0 Å². The fourth-order valence-electron chi connectivity index (χ4n) is 3.55. The second kappa shape index (κ2) is 9.81. The molecule has 1 aromatic carbocycles. The minimum atomic E-state index is -1.04. The second-order valence-electron chi connectivity index (χ2n) is 8.85. The molecule has 1 atom stereocenters. The van der Waals surface area contributed by atoms with E-state index < -0.39 is 11.9 Å². The molecule has 0 fully saturated rings. The van der Waals surface area contributed by atoms with Gasteiger partial charge in [-0.25, -0.2) is 0 Å². The molecule has 0 aliphatic rings. The van der Waals surface area contributed by atoms with Crippen molar-refractivity contribution in [1.82, 2.24) is 10.1 Å². The second-order valence-corrected chi connectivity index (χ2v) is 8.85. The summed E-state index contributed by atoms with van der Waals surface area (Å²) in [7, 11) is 0. The SMILES string of the molecule is C=CC(=O)N(c1cc(C(C)(C)C)on1)C(C(=O)Nc1c(C)cccc1CC)c1cccnc1. The number of para-hydroxylation sites is 1. The molecule has 172 valence electrons. The third kappa shape index (κ3) is 5.19. The van der Waals surface area contributed by atoms with Gasteiger partial charge in [-0.2, -0.15) is 0 Å². The van der Waals surface area contributed by atoms with Gasteiger partial charge in [-0.05, 0) is 36.6 Å². The van der Waals surface area contributed by atoms with E-state index in [1.54, 1.807) is 30.6 Å². The zero-order valence-corrected chi connectivity index (χ0v) is 19.8. The minimum Gasteiger partial charge on any atom is -0.359 e. The Labute approximate surface area is 194 Å². The molecule has 7 heteroatoms. The van der Waals surface area contributed by atoms with Gasteiger partial charge in [0.1, 0.15) is 11.8 Å². The number of amides is 2. The number of anilines is 2. The predicted molar refractivity (Wildman–Crippen MR) is 129 cm³/mol. The fraction of sp³-hybridized carbons (Fsp3) is 0.308. The van der Waals surface area contributed by atoms with Gasteiger partial charge in [0.2, 0.25) is 0 Å². The molecule has 3 rings (SSSR count). The van der Waals surface area contributed by atoms with Crippen LogP contribution >= 0.6 is 0 Å². The molecule has 2 amide bonds. The van der Waals surface area contributed by atoms with Gasteiger partial charge in [0.15, 0.2) is 5.82 Å². The van der Waals surface area contributed by atoms with Crippen molar-refractivity contribution < 1.29 is 14.1 Å². The minimum absolute atomic E-state index is 0.231. The molecule has 2 aromatic heterocycles. The Morgan fingerprint density at radius 2 is 2.00 bits per heavy atom. The Morgan fingerprint density at radius 1 is 1.24 bits per heavy atom. The number of nitrogens with one attached hydrogen (secondary N) is 1. The van der Waals surface area contributed by atoms with Crippen LogP contribution < -0.4 is 10.2 Å². The highest BCUT2D eigenvalue weighted by Gasteiger charge is 2.35. The number of hydrogen-bond acceptors (Lipinski definition) is 5. The van der Waals surface area contributed by atoms with Crippen molar-refractivity contribution in [3.05, 3.63) is 83.9 Å². The number of aryl methyl sites for hydroxylation is 2.